The van der Waals surface area contributed by atoms with Crippen molar-refractivity contribution in [2.24, 2.45) is 0 Å². The van der Waals surface area contributed by atoms with E-state index in [1.807, 2.05) is 12.2 Å². The van der Waals surface area contributed by atoms with Crippen molar-refractivity contribution in [2.75, 3.05) is 0 Å². The van der Waals surface area contributed by atoms with Gasteiger partial charge in [-0.25, -0.2) is 12.2 Å². The third kappa shape index (κ3) is 10.5. The molecule has 0 atom stereocenters. The van der Waals surface area contributed by atoms with Crippen LogP contribution in [0.2, 0.25) is 0 Å². The second-order valence-corrected chi connectivity index (χ2v) is 19.7. The monoisotopic (exact) mass is 1010 g/mol. The van der Waals surface area contributed by atoms with E-state index in [1.54, 1.807) is 0 Å². The molecule has 8 aromatic carbocycles. The standard InChI is InChI=1S/C33H33.C21H14.C5H5.2ClH.Hf/c1-32(2,3)30-20-26-24(18-28(30)22-13-9-7-10-14-22)17-25-19-29(23-15-11-8-12-16-23)31(21-27(25)26)33(4,5)6;1-3-7-20-14-16(9-11-18(20)5-1)13-17-10-12-19-6-2-4-8-21(19)15-17;1-2-4-5-3-1;;;/h7-16,18,20-21H,17H2,1-6H3;1-12,14-15H;1-3H,4H2;2*1H;/q-1;;-1;;;+2. The van der Waals surface area contributed by atoms with Gasteiger partial charge in [-0.05, 0) is 39.5 Å². The summed E-state index contributed by atoms with van der Waals surface area (Å²) in [6.07, 6.45) is 10.9. The van der Waals surface area contributed by atoms with Crippen molar-refractivity contribution in [3.63, 3.8) is 0 Å². The Hall–Kier alpha value is -4.92. The predicted octanol–water partition coefficient (Wildman–Crippen LogP) is 16.2. The van der Waals surface area contributed by atoms with Crippen molar-refractivity contribution in [3.8, 4) is 33.4 Å². The van der Waals surface area contributed by atoms with Crippen molar-refractivity contribution in [3.05, 3.63) is 228 Å². The molecular weight excluding hydrogens is 958 g/mol. The molecule has 0 fully saturated rings. The van der Waals surface area contributed by atoms with Crippen molar-refractivity contribution < 1.29 is 23.9 Å². The molecule has 2 aliphatic rings. The van der Waals surface area contributed by atoms with Crippen molar-refractivity contribution in [1.29, 1.82) is 0 Å². The van der Waals surface area contributed by atoms with Crippen LogP contribution in [0, 0.1) is 12.1 Å². The molecule has 0 amide bonds. The summed E-state index contributed by atoms with van der Waals surface area (Å²) in [5, 5.41) is 5.24. The van der Waals surface area contributed by atoms with Gasteiger partial charge in [-0.1, -0.05) is 131 Å². The zero-order valence-electron chi connectivity index (χ0n) is 36.6. The summed E-state index contributed by atoms with van der Waals surface area (Å²) in [6.45, 7) is 13.9. The van der Waals surface area contributed by atoms with E-state index in [1.165, 1.54) is 91.6 Å². The van der Waals surface area contributed by atoms with E-state index in [4.69, 9.17) is 0 Å². The zero-order chi connectivity index (χ0) is 41.9. The maximum atomic E-state index is 3.88. The summed E-state index contributed by atoms with van der Waals surface area (Å²) in [5.74, 6) is 0. The average Bonchev–Trinajstić information content (AvgIpc) is 3.97. The summed E-state index contributed by atoms with van der Waals surface area (Å²) in [7, 11) is 0. The molecule has 8 aromatic rings. The Balaban J connectivity index is 0.000000190. The van der Waals surface area contributed by atoms with Crippen LogP contribution in [0.4, 0.5) is 0 Å². The third-order valence-corrected chi connectivity index (χ3v) is 13.6. The molecule has 0 saturated heterocycles. The second kappa shape index (κ2) is 20.1. The van der Waals surface area contributed by atoms with Gasteiger partial charge in [-0.3, -0.25) is 6.08 Å². The number of rotatable bonds is 4. The van der Waals surface area contributed by atoms with Gasteiger partial charge in [-0.15, -0.1) is 60.1 Å². The Kier molecular flexibility index (Phi) is 15.1. The van der Waals surface area contributed by atoms with Crippen LogP contribution in [0.5, 0.6) is 0 Å². The van der Waals surface area contributed by atoms with Crippen LogP contribution < -0.4 is 0 Å². The van der Waals surface area contributed by atoms with Crippen LogP contribution >= 0.6 is 24.8 Å². The van der Waals surface area contributed by atoms with E-state index in [-0.39, 0.29) is 35.6 Å². The van der Waals surface area contributed by atoms with Crippen LogP contribution in [0.3, 0.4) is 0 Å². The molecule has 0 N–H and O–H groups in total. The molecule has 0 nitrogen and oxygen atoms in total. The van der Waals surface area contributed by atoms with Gasteiger partial charge in [0.1, 0.15) is 0 Å². The van der Waals surface area contributed by atoms with Gasteiger partial charge in [0.05, 0.1) is 0 Å². The number of benzene rings is 8. The summed E-state index contributed by atoms with van der Waals surface area (Å²) in [6, 6.07) is 63.5. The number of halogens is 2. The molecule has 0 bridgehead atoms. The Morgan fingerprint density at radius 3 is 1.48 bits per heavy atom. The first-order valence-corrected chi connectivity index (χ1v) is 22.9. The molecular formula is C59H54Cl2Hf. The Morgan fingerprint density at radius 2 is 1.00 bits per heavy atom. The molecule has 10 rings (SSSR count). The van der Waals surface area contributed by atoms with Gasteiger partial charge in [0.15, 0.2) is 0 Å². The van der Waals surface area contributed by atoms with Crippen molar-refractivity contribution >= 4 is 49.6 Å². The molecule has 0 spiro atoms. The van der Waals surface area contributed by atoms with Crippen LogP contribution in [0.15, 0.2) is 182 Å². The van der Waals surface area contributed by atoms with Gasteiger partial charge < -0.3 is 0 Å². The zero-order valence-corrected chi connectivity index (χ0v) is 41.8. The third-order valence-electron chi connectivity index (χ3n) is 11.5. The van der Waals surface area contributed by atoms with E-state index in [2.05, 4.69) is 224 Å². The van der Waals surface area contributed by atoms with Crippen molar-refractivity contribution in [2.45, 2.75) is 65.2 Å². The average molecular weight is 1010 g/mol. The summed E-state index contributed by atoms with van der Waals surface area (Å²) >= 11 is 1.03. The molecule has 3 heteroatoms. The number of hydrogen-bond acceptors (Lipinski definition) is 0. The quantitative estimate of drug-likeness (QED) is 0.122. The summed E-state index contributed by atoms with van der Waals surface area (Å²) in [5.41, 5.74) is 16.2. The molecule has 62 heavy (non-hydrogen) atoms. The Labute approximate surface area is 396 Å². The Morgan fingerprint density at radius 1 is 0.500 bits per heavy atom. The molecule has 2 aliphatic carbocycles. The molecule has 0 unspecified atom stereocenters. The van der Waals surface area contributed by atoms with Crippen molar-refractivity contribution in [1.82, 2.24) is 0 Å². The van der Waals surface area contributed by atoms with E-state index in [0.717, 1.165) is 36.7 Å². The van der Waals surface area contributed by atoms with Gasteiger partial charge in [0, 0.05) is 0 Å². The Bertz CT molecular complexity index is 2690. The first-order valence-electron chi connectivity index (χ1n) is 21.1. The second-order valence-electron chi connectivity index (χ2n) is 17.9. The van der Waals surface area contributed by atoms with Gasteiger partial charge in [0.25, 0.3) is 0 Å². The van der Waals surface area contributed by atoms with E-state index >= 15 is 0 Å². The van der Waals surface area contributed by atoms with Crippen LogP contribution in [-0.2, 0) is 41.1 Å². The van der Waals surface area contributed by atoms with E-state index in [9.17, 15) is 0 Å². The topological polar surface area (TPSA) is 0 Å². The molecule has 0 aromatic heterocycles. The fraction of sp³-hybridized carbons (Fsp3) is 0.169. The minimum atomic E-state index is 0. The van der Waals surface area contributed by atoms with Crippen LogP contribution in [0.1, 0.15) is 81.3 Å². The van der Waals surface area contributed by atoms with Gasteiger partial charge >= 0.3 is 145 Å². The normalized spacial score (nSPS) is 12.3. The molecule has 0 saturated carbocycles. The molecule has 0 heterocycles. The minimum absolute atomic E-state index is 0. The van der Waals surface area contributed by atoms with E-state index < -0.39 is 0 Å². The van der Waals surface area contributed by atoms with Gasteiger partial charge in [-0.2, -0.15) is 6.08 Å². The number of hydrogen-bond donors (Lipinski definition) is 0. The molecule has 0 aliphatic heterocycles. The molecule has 308 valence electrons. The fourth-order valence-corrected chi connectivity index (χ4v) is 9.42. The number of allylic oxidation sites excluding steroid dienone is 4. The summed E-state index contributed by atoms with van der Waals surface area (Å²) < 4.78 is 1.46. The maximum absolute atomic E-state index is 3.88. The van der Waals surface area contributed by atoms with E-state index in [0.29, 0.717) is 0 Å². The predicted molar refractivity (Wildman–Crippen MR) is 269 cm³/mol. The number of fused-ring (bicyclic) bond motifs is 5. The summed E-state index contributed by atoms with van der Waals surface area (Å²) in [4.78, 5) is 0. The van der Waals surface area contributed by atoms with Crippen LogP contribution in [-0.4, -0.2) is 3.26 Å². The first-order chi connectivity index (χ1) is 28.9. The molecule has 0 radical (unpaired) electrons. The first kappa shape index (κ1) is 46.6. The van der Waals surface area contributed by atoms with Crippen LogP contribution in [0.25, 0.3) is 54.9 Å². The SMILES string of the molecule is CC(C)(C)c1cc2c([c-]c1-c1ccccc1)Cc1cc(-c3ccccc3)c(C(C)(C)C)cc1-2.Cl.Cl.[C-]1=CC=CC1.[Hf+2]=[C](c1ccc2ccccc2c1)c1ccc2ccccc2c1. The van der Waals surface area contributed by atoms with Gasteiger partial charge in [0.2, 0.25) is 0 Å². The fourth-order valence-electron chi connectivity index (χ4n) is 8.30.